The Morgan fingerprint density at radius 1 is 1.35 bits per heavy atom. The van der Waals surface area contributed by atoms with Crippen LogP contribution in [0.15, 0.2) is 18.2 Å². The fourth-order valence-electron chi connectivity index (χ4n) is 1.20. The first-order valence-corrected chi connectivity index (χ1v) is 5.43. The molecule has 0 aliphatic rings. The second-order valence-electron chi connectivity index (χ2n) is 3.45. The number of carbonyl (C=O) groups excluding carboxylic acids is 1. The van der Waals surface area contributed by atoms with Gasteiger partial charge in [0.1, 0.15) is 0 Å². The van der Waals surface area contributed by atoms with Gasteiger partial charge in [0.15, 0.2) is 11.6 Å². The molecule has 17 heavy (non-hydrogen) atoms. The summed E-state index contributed by atoms with van der Waals surface area (Å²) in [7, 11) is 0. The number of carbonyl (C=O) groups is 1. The highest BCUT2D eigenvalue weighted by Crippen LogP contribution is 2.08. The number of hydrogen-bond donors (Lipinski definition) is 2. The van der Waals surface area contributed by atoms with Gasteiger partial charge in [-0.2, -0.15) is 0 Å². The van der Waals surface area contributed by atoms with Gasteiger partial charge in [0, 0.05) is 12.1 Å². The molecule has 0 saturated carbocycles. The zero-order valence-corrected chi connectivity index (χ0v) is 9.82. The molecule has 0 aliphatic carbocycles. The smallest absolute Gasteiger partial charge is 0.251 e. The largest absolute Gasteiger partial charge is 0.393 e. The van der Waals surface area contributed by atoms with Gasteiger partial charge >= 0.3 is 0 Å². The summed E-state index contributed by atoms with van der Waals surface area (Å²) >= 11 is 4.67. The van der Waals surface area contributed by atoms with E-state index in [0.717, 1.165) is 12.1 Å². The third-order valence-electron chi connectivity index (χ3n) is 2.07. The summed E-state index contributed by atoms with van der Waals surface area (Å²) in [6.45, 7) is 0.384. The number of hydrogen-bond acceptors (Lipinski definition) is 2. The van der Waals surface area contributed by atoms with Crippen LogP contribution in [0.4, 0.5) is 8.78 Å². The van der Waals surface area contributed by atoms with Crippen LogP contribution < -0.4 is 11.1 Å². The number of nitrogens with one attached hydrogen (secondary N) is 1. The predicted molar refractivity (Wildman–Crippen MR) is 64.7 cm³/mol. The molecule has 0 unspecified atom stereocenters. The molecule has 1 aromatic carbocycles. The Hall–Kier alpha value is -1.56. The lowest BCUT2D eigenvalue weighted by Gasteiger charge is -2.05. The summed E-state index contributed by atoms with van der Waals surface area (Å²) < 4.78 is 25.5. The van der Waals surface area contributed by atoms with E-state index in [0.29, 0.717) is 24.4 Å². The van der Waals surface area contributed by atoms with Crippen molar-refractivity contribution >= 4 is 23.1 Å². The lowest BCUT2D eigenvalue weighted by atomic mass is 10.2. The number of rotatable bonds is 5. The summed E-state index contributed by atoms with van der Waals surface area (Å²) in [5, 5.41) is 2.56. The number of benzene rings is 1. The molecule has 0 heterocycles. The first kappa shape index (κ1) is 13.5. The first-order valence-electron chi connectivity index (χ1n) is 5.02. The maximum absolute atomic E-state index is 12.8. The predicted octanol–water partition coefficient (Wildman–Crippen LogP) is 1.76. The van der Waals surface area contributed by atoms with Gasteiger partial charge in [-0.3, -0.25) is 4.79 Å². The van der Waals surface area contributed by atoms with E-state index in [-0.39, 0.29) is 5.56 Å². The molecule has 0 atom stereocenters. The summed E-state index contributed by atoms with van der Waals surface area (Å²) in [5.41, 5.74) is 5.37. The maximum Gasteiger partial charge on any atom is 0.251 e. The average molecular weight is 258 g/mol. The summed E-state index contributed by atoms with van der Waals surface area (Å²) in [6.07, 6.45) is 1.15. The molecular formula is C11H12F2N2OS. The van der Waals surface area contributed by atoms with E-state index in [1.807, 2.05) is 0 Å². The van der Waals surface area contributed by atoms with Crippen molar-refractivity contribution in [3.05, 3.63) is 35.4 Å². The van der Waals surface area contributed by atoms with E-state index in [1.165, 1.54) is 6.07 Å². The van der Waals surface area contributed by atoms with Gasteiger partial charge < -0.3 is 11.1 Å². The van der Waals surface area contributed by atoms with E-state index in [2.05, 4.69) is 17.5 Å². The standard InChI is InChI=1S/C11H12F2N2OS/c12-8-4-3-7(6-9(8)13)11(16)15-5-1-2-10(14)17/h3-4,6H,1-2,5H2,(H2,14,17)(H,15,16). The van der Waals surface area contributed by atoms with E-state index >= 15 is 0 Å². The Balaban J connectivity index is 2.47. The van der Waals surface area contributed by atoms with Crippen LogP contribution in [0.3, 0.4) is 0 Å². The minimum atomic E-state index is -1.04. The van der Waals surface area contributed by atoms with Crippen LogP contribution in [0.25, 0.3) is 0 Å². The zero-order valence-electron chi connectivity index (χ0n) is 9.00. The Morgan fingerprint density at radius 3 is 2.65 bits per heavy atom. The Morgan fingerprint density at radius 2 is 2.06 bits per heavy atom. The lowest BCUT2D eigenvalue weighted by Crippen LogP contribution is -2.25. The lowest BCUT2D eigenvalue weighted by molar-refractivity contribution is 0.0953. The molecule has 3 nitrogen and oxygen atoms in total. The number of amides is 1. The minimum Gasteiger partial charge on any atom is -0.393 e. The highest BCUT2D eigenvalue weighted by molar-refractivity contribution is 7.80. The highest BCUT2D eigenvalue weighted by Gasteiger charge is 2.08. The zero-order chi connectivity index (χ0) is 12.8. The molecule has 1 aromatic rings. The topological polar surface area (TPSA) is 55.1 Å². The fraction of sp³-hybridized carbons (Fsp3) is 0.273. The van der Waals surface area contributed by atoms with Gasteiger partial charge in [0.05, 0.1) is 4.99 Å². The third-order valence-corrected chi connectivity index (χ3v) is 2.27. The molecule has 0 aliphatic heterocycles. The molecule has 3 N–H and O–H groups in total. The van der Waals surface area contributed by atoms with Crippen molar-refractivity contribution in [2.75, 3.05) is 6.54 Å². The van der Waals surface area contributed by atoms with Gasteiger partial charge in [-0.1, -0.05) is 12.2 Å². The van der Waals surface area contributed by atoms with Crippen LogP contribution in [0.5, 0.6) is 0 Å². The second-order valence-corrected chi connectivity index (χ2v) is 3.98. The Bertz CT molecular complexity index is 437. The third kappa shape index (κ3) is 4.44. The molecular weight excluding hydrogens is 246 g/mol. The quantitative estimate of drug-likeness (QED) is 0.625. The van der Waals surface area contributed by atoms with Crippen LogP contribution >= 0.6 is 12.2 Å². The van der Waals surface area contributed by atoms with Crippen molar-refractivity contribution in [3.8, 4) is 0 Å². The van der Waals surface area contributed by atoms with Crippen LogP contribution in [0.2, 0.25) is 0 Å². The van der Waals surface area contributed by atoms with Gasteiger partial charge in [-0.25, -0.2) is 8.78 Å². The van der Waals surface area contributed by atoms with Crippen LogP contribution in [-0.2, 0) is 0 Å². The Labute approximate surface area is 103 Å². The van der Waals surface area contributed by atoms with Crippen molar-refractivity contribution in [1.29, 1.82) is 0 Å². The molecule has 1 rings (SSSR count). The van der Waals surface area contributed by atoms with Crippen molar-refractivity contribution in [3.63, 3.8) is 0 Å². The number of halogens is 2. The summed E-state index contributed by atoms with van der Waals surface area (Å²) in [4.78, 5) is 11.9. The average Bonchev–Trinajstić information content (AvgIpc) is 2.27. The molecule has 1 amide bonds. The molecule has 0 spiro atoms. The summed E-state index contributed by atoms with van der Waals surface area (Å²) in [6, 6.07) is 3.00. The number of thiocarbonyl (C=S) groups is 1. The second kappa shape index (κ2) is 6.24. The van der Waals surface area contributed by atoms with Crippen LogP contribution in [0, 0.1) is 11.6 Å². The monoisotopic (exact) mass is 258 g/mol. The van der Waals surface area contributed by atoms with Gasteiger partial charge in [-0.15, -0.1) is 0 Å². The van der Waals surface area contributed by atoms with Crippen LogP contribution in [0.1, 0.15) is 23.2 Å². The first-order chi connectivity index (χ1) is 8.00. The van der Waals surface area contributed by atoms with Gasteiger partial charge in [-0.05, 0) is 31.0 Å². The SMILES string of the molecule is NC(=S)CCCNC(=O)c1ccc(F)c(F)c1. The molecule has 6 heteroatoms. The molecule has 92 valence electrons. The van der Waals surface area contributed by atoms with Gasteiger partial charge in [0.25, 0.3) is 5.91 Å². The Kier molecular flexibility index (Phi) is 4.96. The highest BCUT2D eigenvalue weighted by atomic mass is 32.1. The maximum atomic E-state index is 12.8. The van der Waals surface area contributed by atoms with E-state index in [9.17, 15) is 13.6 Å². The molecule has 0 saturated heterocycles. The fourth-order valence-corrected chi connectivity index (χ4v) is 1.35. The summed E-state index contributed by atoms with van der Waals surface area (Å²) in [5.74, 6) is -2.47. The normalized spacial score (nSPS) is 10.0. The minimum absolute atomic E-state index is 0.0826. The molecule has 0 aromatic heterocycles. The number of nitrogens with two attached hydrogens (primary N) is 1. The van der Waals surface area contributed by atoms with E-state index < -0.39 is 17.5 Å². The van der Waals surface area contributed by atoms with Crippen molar-refractivity contribution in [2.24, 2.45) is 5.73 Å². The van der Waals surface area contributed by atoms with Crippen molar-refractivity contribution < 1.29 is 13.6 Å². The van der Waals surface area contributed by atoms with E-state index in [4.69, 9.17) is 5.73 Å². The van der Waals surface area contributed by atoms with E-state index in [1.54, 1.807) is 0 Å². The molecule has 0 bridgehead atoms. The van der Waals surface area contributed by atoms with Crippen LogP contribution in [-0.4, -0.2) is 17.4 Å². The van der Waals surface area contributed by atoms with Crippen molar-refractivity contribution in [2.45, 2.75) is 12.8 Å². The molecule has 0 radical (unpaired) electrons. The molecule has 0 fully saturated rings. The van der Waals surface area contributed by atoms with Gasteiger partial charge in [0.2, 0.25) is 0 Å². The van der Waals surface area contributed by atoms with Crippen molar-refractivity contribution in [1.82, 2.24) is 5.32 Å².